The Balaban J connectivity index is 0.00000162. The molecule has 1 heterocycles. The van der Waals surface area contributed by atoms with Crippen LogP contribution in [0, 0.1) is 5.92 Å². The van der Waals surface area contributed by atoms with Gasteiger partial charge in [0, 0.05) is 13.1 Å². The number of nitrogens with zero attached hydrogens (tertiary/aromatic N) is 1. The molecule has 1 aromatic carbocycles. The van der Waals surface area contributed by atoms with E-state index in [1.165, 1.54) is 11.1 Å². The number of carbonyl (C=O) groups is 1. The van der Waals surface area contributed by atoms with Crippen LogP contribution in [0.3, 0.4) is 0 Å². The van der Waals surface area contributed by atoms with Gasteiger partial charge in [0.1, 0.15) is 0 Å². The Hall–Kier alpha value is -1.06. The van der Waals surface area contributed by atoms with Gasteiger partial charge < -0.3 is 10.6 Å². The molecule has 2 atom stereocenters. The highest BCUT2D eigenvalue weighted by molar-refractivity contribution is 5.85. The van der Waals surface area contributed by atoms with Crippen molar-refractivity contribution < 1.29 is 4.79 Å². The molecular formula is C14H21ClN2O. The quantitative estimate of drug-likeness (QED) is 0.915. The summed E-state index contributed by atoms with van der Waals surface area (Å²) < 4.78 is 0. The molecule has 1 aromatic rings. The highest BCUT2D eigenvalue weighted by atomic mass is 35.5. The third-order valence-corrected chi connectivity index (χ3v) is 3.69. The van der Waals surface area contributed by atoms with Crippen LogP contribution in [0.1, 0.15) is 31.4 Å². The van der Waals surface area contributed by atoms with Crippen molar-refractivity contribution in [3.8, 4) is 0 Å². The van der Waals surface area contributed by atoms with Crippen molar-refractivity contribution in [1.82, 2.24) is 4.90 Å². The van der Waals surface area contributed by atoms with Crippen molar-refractivity contribution in [2.75, 3.05) is 0 Å². The molecule has 2 unspecified atom stereocenters. The smallest absolute Gasteiger partial charge is 0.240 e. The van der Waals surface area contributed by atoms with Gasteiger partial charge in [-0.2, -0.15) is 0 Å². The Kier molecular flexibility index (Phi) is 5.17. The van der Waals surface area contributed by atoms with Crippen molar-refractivity contribution in [2.24, 2.45) is 11.7 Å². The fraction of sp³-hybridized carbons (Fsp3) is 0.500. The minimum atomic E-state index is -0.366. The molecule has 0 saturated carbocycles. The largest absolute Gasteiger partial charge is 0.333 e. The summed E-state index contributed by atoms with van der Waals surface area (Å²) in [7, 11) is 0. The minimum Gasteiger partial charge on any atom is -0.333 e. The van der Waals surface area contributed by atoms with Crippen LogP contribution in [0.5, 0.6) is 0 Å². The molecule has 1 aliphatic heterocycles. The van der Waals surface area contributed by atoms with E-state index >= 15 is 0 Å². The Morgan fingerprint density at radius 3 is 2.28 bits per heavy atom. The van der Waals surface area contributed by atoms with Crippen molar-refractivity contribution in [3.05, 3.63) is 35.4 Å². The third-order valence-electron chi connectivity index (χ3n) is 3.69. The summed E-state index contributed by atoms with van der Waals surface area (Å²) in [5.74, 6) is 0.321. The molecule has 1 amide bonds. The van der Waals surface area contributed by atoms with Crippen LogP contribution in [0.2, 0.25) is 0 Å². The average Bonchev–Trinajstić information content (AvgIpc) is 2.79. The number of rotatable bonds is 3. The van der Waals surface area contributed by atoms with Crippen molar-refractivity contribution >= 4 is 18.3 Å². The number of nitrogens with two attached hydrogens (primary N) is 1. The molecule has 0 spiro atoms. The number of hydrogen-bond donors (Lipinski definition) is 1. The lowest BCUT2D eigenvalue weighted by atomic mass is 9.99. The third kappa shape index (κ3) is 2.85. The number of hydrogen-bond acceptors (Lipinski definition) is 2. The fourth-order valence-electron chi connectivity index (χ4n) is 2.20. The number of carbonyl (C=O) groups excluding carboxylic acids is 1. The monoisotopic (exact) mass is 268 g/mol. The first-order chi connectivity index (χ1) is 8.13. The number of halogens is 1. The van der Waals surface area contributed by atoms with Crippen LogP contribution >= 0.6 is 12.4 Å². The van der Waals surface area contributed by atoms with E-state index in [-0.39, 0.29) is 30.3 Å². The summed E-state index contributed by atoms with van der Waals surface area (Å²) in [6.07, 6.45) is 0.938. The van der Waals surface area contributed by atoms with E-state index in [9.17, 15) is 4.79 Å². The second-order valence-corrected chi connectivity index (χ2v) is 4.87. The SMILES string of the molecule is CCC(C)C(N)C(=O)N1Cc2ccccc2C1.Cl. The Morgan fingerprint density at radius 2 is 1.83 bits per heavy atom. The van der Waals surface area contributed by atoms with E-state index in [4.69, 9.17) is 5.73 Å². The topological polar surface area (TPSA) is 46.3 Å². The lowest BCUT2D eigenvalue weighted by molar-refractivity contribution is -0.134. The van der Waals surface area contributed by atoms with E-state index in [2.05, 4.69) is 19.1 Å². The van der Waals surface area contributed by atoms with E-state index in [0.29, 0.717) is 13.1 Å². The molecule has 0 fully saturated rings. The van der Waals surface area contributed by atoms with E-state index in [0.717, 1.165) is 6.42 Å². The van der Waals surface area contributed by atoms with Crippen LogP contribution in [-0.2, 0) is 17.9 Å². The number of amides is 1. The second kappa shape index (κ2) is 6.21. The van der Waals surface area contributed by atoms with Crippen molar-refractivity contribution in [1.29, 1.82) is 0 Å². The molecule has 0 saturated heterocycles. The zero-order valence-electron chi connectivity index (χ0n) is 10.9. The molecule has 0 bridgehead atoms. The Bertz CT molecular complexity index is 397. The van der Waals surface area contributed by atoms with Gasteiger partial charge in [0.15, 0.2) is 0 Å². The lowest BCUT2D eigenvalue weighted by Gasteiger charge is -2.23. The van der Waals surface area contributed by atoms with Gasteiger partial charge in [0.05, 0.1) is 6.04 Å². The maximum Gasteiger partial charge on any atom is 0.240 e. The highest BCUT2D eigenvalue weighted by Gasteiger charge is 2.28. The van der Waals surface area contributed by atoms with Crippen LogP contribution in [0.25, 0.3) is 0 Å². The molecule has 4 heteroatoms. The van der Waals surface area contributed by atoms with Gasteiger partial charge in [0.25, 0.3) is 0 Å². The summed E-state index contributed by atoms with van der Waals surface area (Å²) in [6.45, 7) is 5.51. The second-order valence-electron chi connectivity index (χ2n) is 4.87. The van der Waals surface area contributed by atoms with Gasteiger partial charge in [-0.05, 0) is 17.0 Å². The standard InChI is InChI=1S/C14H20N2O.ClH/c1-3-10(2)13(15)14(17)16-8-11-6-4-5-7-12(11)9-16;/h4-7,10,13H,3,8-9,15H2,1-2H3;1H. The molecular weight excluding hydrogens is 248 g/mol. The van der Waals surface area contributed by atoms with E-state index < -0.39 is 0 Å². The number of fused-ring (bicyclic) bond motifs is 1. The summed E-state index contributed by atoms with van der Waals surface area (Å²) in [4.78, 5) is 14.1. The van der Waals surface area contributed by atoms with Crippen molar-refractivity contribution in [3.63, 3.8) is 0 Å². The maximum atomic E-state index is 12.2. The Morgan fingerprint density at radius 1 is 1.33 bits per heavy atom. The van der Waals surface area contributed by atoms with Gasteiger partial charge >= 0.3 is 0 Å². The van der Waals surface area contributed by atoms with Crippen LogP contribution in [0.15, 0.2) is 24.3 Å². The predicted molar refractivity (Wildman–Crippen MR) is 75.4 cm³/mol. The zero-order valence-corrected chi connectivity index (χ0v) is 11.7. The summed E-state index contributed by atoms with van der Waals surface area (Å²) in [5, 5.41) is 0. The first kappa shape index (κ1) is 15.0. The molecule has 0 aromatic heterocycles. The molecule has 2 rings (SSSR count). The van der Waals surface area contributed by atoms with E-state index in [1.54, 1.807) is 0 Å². The molecule has 2 N–H and O–H groups in total. The normalized spacial score (nSPS) is 16.7. The van der Waals surface area contributed by atoms with Gasteiger partial charge in [-0.1, -0.05) is 44.5 Å². The lowest BCUT2D eigenvalue weighted by Crippen LogP contribution is -2.44. The zero-order chi connectivity index (χ0) is 12.4. The van der Waals surface area contributed by atoms with Crippen LogP contribution < -0.4 is 5.73 Å². The summed E-state index contributed by atoms with van der Waals surface area (Å²) in [6, 6.07) is 7.83. The molecule has 3 nitrogen and oxygen atoms in total. The van der Waals surface area contributed by atoms with Crippen LogP contribution in [0.4, 0.5) is 0 Å². The Labute approximate surface area is 115 Å². The van der Waals surface area contributed by atoms with Crippen LogP contribution in [-0.4, -0.2) is 16.8 Å². The van der Waals surface area contributed by atoms with Gasteiger partial charge in [-0.3, -0.25) is 4.79 Å². The summed E-state index contributed by atoms with van der Waals surface area (Å²) >= 11 is 0. The first-order valence-corrected chi connectivity index (χ1v) is 6.24. The van der Waals surface area contributed by atoms with Crippen molar-refractivity contribution in [2.45, 2.75) is 39.4 Å². The first-order valence-electron chi connectivity index (χ1n) is 6.24. The average molecular weight is 269 g/mol. The van der Waals surface area contributed by atoms with Gasteiger partial charge in [0.2, 0.25) is 5.91 Å². The van der Waals surface area contributed by atoms with Gasteiger partial charge in [-0.15, -0.1) is 12.4 Å². The predicted octanol–water partition coefficient (Wildman–Crippen LogP) is 2.32. The molecule has 100 valence electrons. The molecule has 0 radical (unpaired) electrons. The summed E-state index contributed by atoms with van der Waals surface area (Å²) in [5.41, 5.74) is 8.49. The maximum absolute atomic E-state index is 12.2. The molecule has 18 heavy (non-hydrogen) atoms. The van der Waals surface area contributed by atoms with Gasteiger partial charge in [-0.25, -0.2) is 0 Å². The number of benzene rings is 1. The van der Waals surface area contributed by atoms with E-state index in [1.807, 2.05) is 24.0 Å². The molecule has 1 aliphatic rings. The highest BCUT2D eigenvalue weighted by Crippen LogP contribution is 2.23. The molecule has 0 aliphatic carbocycles. The fourth-order valence-corrected chi connectivity index (χ4v) is 2.20. The minimum absolute atomic E-state index is 0.